The molecule has 1 fully saturated rings. The van der Waals surface area contributed by atoms with E-state index >= 15 is 0 Å². The van der Waals surface area contributed by atoms with E-state index in [0.717, 1.165) is 70.0 Å². The number of aromatic amines is 1. The third-order valence-electron chi connectivity index (χ3n) is 6.16. The lowest BCUT2D eigenvalue weighted by molar-refractivity contribution is -0.148. The fourth-order valence-electron chi connectivity index (χ4n) is 4.63. The smallest absolute Gasteiger partial charge is 0.302 e. The Hall–Kier alpha value is -2.70. The summed E-state index contributed by atoms with van der Waals surface area (Å²) in [6.45, 7) is 1.47. The van der Waals surface area contributed by atoms with Gasteiger partial charge in [-0.1, -0.05) is 54.8 Å². The highest BCUT2D eigenvalue weighted by molar-refractivity contribution is 5.66. The third-order valence-corrected chi connectivity index (χ3v) is 6.16. The lowest BCUT2D eigenvalue weighted by Crippen LogP contribution is -2.25. The van der Waals surface area contributed by atoms with E-state index in [-0.39, 0.29) is 23.9 Å². The molecule has 1 aromatic carbocycles. The van der Waals surface area contributed by atoms with Gasteiger partial charge in [-0.3, -0.25) is 4.79 Å². The van der Waals surface area contributed by atoms with Gasteiger partial charge < -0.3 is 9.84 Å². The summed E-state index contributed by atoms with van der Waals surface area (Å²) in [5, 5.41) is 24.8. The molecule has 0 aliphatic heterocycles. The Labute approximate surface area is 184 Å². The molecule has 1 saturated carbocycles. The number of allylic oxidation sites excluding steroid dienone is 2. The Morgan fingerprint density at radius 2 is 1.97 bits per heavy atom. The van der Waals surface area contributed by atoms with Gasteiger partial charge in [0.1, 0.15) is 6.10 Å². The molecule has 1 aromatic heterocycles. The van der Waals surface area contributed by atoms with Crippen LogP contribution in [0.4, 0.5) is 0 Å². The van der Waals surface area contributed by atoms with E-state index in [1.54, 1.807) is 0 Å². The molecule has 0 bridgehead atoms. The van der Waals surface area contributed by atoms with Crippen LogP contribution in [0.25, 0.3) is 0 Å². The number of aryl methyl sites for hydroxylation is 2. The second kappa shape index (κ2) is 12.2. The molecule has 0 saturated heterocycles. The average molecular weight is 427 g/mol. The molecule has 0 unspecified atom stereocenters. The van der Waals surface area contributed by atoms with Crippen LogP contribution in [0.15, 0.2) is 42.2 Å². The summed E-state index contributed by atoms with van der Waals surface area (Å²) >= 11 is 0. The first kappa shape index (κ1) is 23.0. The van der Waals surface area contributed by atoms with Gasteiger partial charge in [-0.2, -0.15) is 5.21 Å². The predicted molar refractivity (Wildman–Crippen MR) is 118 cm³/mol. The van der Waals surface area contributed by atoms with Crippen LogP contribution < -0.4 is 0 Å². The molecule has 0 spiro atoms. The van der Waals surface area contributed by atoms with Crippen molar-refractivity contribution in [2.75, 3.05) is 0 Å². The minimum Gasteiger partial charge on any atom is -0.512 e. The normalized spacial score (nSPS) is 21.3. The van der Waals surface area contributed by atoms with Gasteiger partial charge in [0.05, 0.1) is 5.76 Å². The zero-order valence-corrected chi connectivity index (χ0v) is 18.4. The molecular weight excluding hydrogens is 392 g/mol. The molecule has 31 heavy (non-hydrogen) atoms. The van der Waals surface area contributed by atoms with Crippen molar-refractivity contribution in [1.29, 1.82) is 0 Å². The molecule has 1 aliphatic rings. The minimum atomic E-state index is -0.233. The Morgan fingerprint density at radius 1 is 1.16 bits per heavy atom. The van der Waals surface area contributed by atoms with Crippen LogP contribution in [0.3, 0.4) is 0 Å². The van der Waals surface area contributed by atoms with E-state index < -0.39 is 0 Å². The quantitative estimate of drug-likeness (QED) is 0.289. The number of aliphatic hydroxyl groups excluding tert-OH is 1. The molecular formula is C24H34N4O3. The van der Waals surface area contributed by atoms with E-state index in [0.29, 0.717) is 5.76 Å². The molecule has 1 heterocycles. The fraction of sp³-hybridized carbons (Fsp3) is 0.583. The second-order valence-corrected chi connectivity index (χ2v) is 8.43. The Kier molecular flexibility index (Phi) is 9.06. The maximum absolute atomic E-state index is 11.6. The van der Waals surface area contributed by atoms with Gasteiger partial charge in [0.15, 0.2) is 5.82 Å². The van der Waals surface area contributed by atoms with Crippen LogP contribution in [0, 0.1) is 11.8 Å². The SMILES string of the molecule is CC(=O)O[C@@H]1CC[C@@H](C(O)=CCCc2ccccc2)[C@@H]1CCCCCCc1nn[nH]n1. The maximum Gasteiger partial charge on any atom is 0.302 e. The van der Waals surface area contributed by atoms with Gasteiger partial charge in [-0.15, -0.1) is 10.2 Å². The van der Waals surface area contributed by atoms with Crippen LogP contribution in [-0.2, 0) is 22.4 Å². The van der Waals surface area contributed by atoms with Crippen molar-refractivity contribution in [3.8, 4) is 0 Å². The molecule has 1 aliphatic carbocycles. The number of hydrogen-bond acceptors (Lipinski definition) is 6. The van der Waals surface area contributed by atoms with Crippen LogP contribution in [-0.4, -0.2) is 37.8 Å². The summed E-state index contributed by atoms with van der Waals surface area (Å²) in [6.07, 6.45) is 11.4. The van der Waals surface area contributed by atoms with E-state index in [4.69, 9.17) is 4.74 Å². The van der Waals surface area contributed by atoms with Crippen LogP contribution in [0.2, 0.25) is 0 Å². The number of benzene rings is 1. The summed E-state index contributed by atoms with van der Waals surface area (Å²) in [5.74, 6) is 1.26. The number of carbonyl (C=O) groups is 1. The van der Waals surface area contributed by atoms with E-state index in [1.165, 1.54) is 12.5 Å². The van der Waals surface area contributed by atoms with Gasteiger partial charge in [0.25, 0.3) is 0 Å². The maximum atomic E-state index is 11.6. The monoisotopic (exact) mass is 426 g/mol. The Morgan fingerprint density at radius 3 is 2.71 bits per heavy atom. The van der Waals surface area contributed by atoms with E-state index in [1.807, 2.05) is 24.3 Å². The van der Waals surface area contributed by atoms with Gasteiger partial charge in [-0.25, -0.2) is 0 Å². The van der Waals surface area contributed by atoms with Crippen molar-refractivity contribution >= 4 is 5.97 Å². The number of aliphatic hydroxyl groups is 1. The first-order valence-electron chi connectivity index (χ1n) is 11.5. The third kappa shape index (κ3) is 7.49. The average Bonchev–Trinajstić information content (AvgIpc) is 3.41. The Balaban J connectivity index is 1.47. The predicted octanol–water partition coefficient (Wildman–Crippen LogP) is 4.73. The number of esters is 1. The van der Waals surface area contributed by atoms with Crippen molar-refractivity contribution in [2.45, 2.75) is 77.2 Å². The fourth-order valence-corrected chi connectivity index (χ4v) is 4.63. The number of nitrogens with one attached hydrogen (secondary N) is 1. The van der Waals surface area contributed by atoms with Crippen molar-refractivity contribution < 1.29 is 14.6 Å². The molecule has 0 amide bonds. The van der Waals surface area contributed by atoms with Crippen LogP contribution in [0.1, 0.15) is 69.7 Å². The van der Waals surface area contributed by atoms with Crippen LogP contribution in [0.5, 0.6) is 0 Å². The zero-order chi connectivity index (χ0) is 21.9. The second-order valence-electron chi connectivity index (χ2n) is 8.43. The lowest BCUT2D eigenvalue weighted by Gasteiger charge is -2.24. The first-order chi connectivity index (χ1) is 15.1. The molecule has 7 nitrogen and oxygen atoms in total. The number of tetrazole rings is 1. The number of ether oxygens (including phenoxy) is 1. The molecule has 0 radical (unpaired) electrons. The Bertz CT molecular complexity index is 807. The van der Waals surface area contributed by atoms with Gasteiger partial charge in [0.2, 0.25) is 0 Å². The molecule has 168 valence electrons. The summed E-state index contributed by atoms with van der Waals surface area (Å²) in [7, 11) is 0. The number of carbonyl (C=O) groups excluding carboxylic acids is 1. The summed E-state index contributed by atoms with van der Waals surface area (Å²) in [6, 6.07) is 10.3. The summed E-state index contributed by atoms with van der Waals surface area (Å²) in [5.41, 5.74) is 1.27. The number of nitrogens with zero attached hydrogens (tertiary/aromatic N) is 3. The van der Waals surface area contributed by atoms with Crippen molar-refractivity contribution in [3.05, 3.63) is 53.6 Å². The lowest BCUT2D eigenvalue weighted by atomic mass is 9.87. The van der Waals surface area contributed by atoms with Crippen molar-refractivity contribution in [2.24, 2.45) is 11.8 Å². The summed E-state index contributed by atoms with van der Waals surface area (Å²) in [4.78, 5) is 11.6. The van der Waals surface area contributed by atoms with Crippen molar-refractivity contribution in [1.82, 2.24) is 20.6 Å². The topological polar surface area (TPSA) is 101 Å². The number of rotatable bonds is 12. The van der Waals surface area contributed by atoms with Crippen LogP contribution >= 0.6 is 0 Å². The highest BCUT2D eigenvalue weighted by atomic mass is 16.5. The molecule has 3 atom stereocenters. The largest absolute Gasteiger partial charge is 0.512 e. The van der Waals surface area contributed by atoms with E-state index in [2.05, 4.69) is 32.8 Å². The molecule has 2 N–H and O–H groups in total. The van der Waals surface area contributed by atoms with Crippen molar-refractivity contribution in [3.63, 3.8) is 0 Å². The number of H-pyrrole nitrogens is 1. The van der Waals surface area contributed by atoms with Gasteiger partial charge in [0, 0.05) is 25.2 Å². The van der Waals surface area contributed by atoms with E-state index in [9.17, 15) is 9.90 Å². The summed E-state index contributed by atoms with van der Waals surface area (Å²) < 4.78 is 5.60. The van der Waals surface area contributed by atoms with Gasteiger partial charge >= 0.3 is 5.97 Å². The zero-order valence-electron chi connectivity index (χ0n) is 18.4. The molecule has 2 aromatic rings. The number of unbranched alkanes of at least 4 members (excludes halogenated alkanes) is 3. The highest BCUT2D eigenvalue weighted by Crippen LogP contribution is 2.41. The van der Waals surface area contributed by atoms with Gasteiger partial charge in [-0.05, 0) is 50.2 Å². The first-order valence-corrected chi connectivity index (χ1v) is 11.5. The number of aromatic nitrogens is 4. The standard InChI is InChI=1S/C24H34N4O3/c1-18(29)31-23-17-16-20(22(30)14-9-12-19-10-5-4-6-11-19)21(23)13-7-2-3-8-15-24-25-27-28-26-24/h4-6,10-11,14,20-21,23,30H,2-3,7-9,12-13,15-17H2,1H3,(H,25,26,27,28)/t20-,21+,23-/m1/s1. The molecule has 3 rings (SSSR count). The molecule has 7 heteroatoms. The highest BCUT2D eigenvalue weighted by Gasteiger charge is 2.39. The minimum absolute atomic E-state index is 0.0828. The number of hydrogen-bond donors (Lipinski definition) is 2.